The van der Waals surface area contributed by atoms with Crippen LogP contribution in [0, 0.1) is 0 Å². The van der Waals surface area contributed by atoms with E-state index in [-0.39, 0.29) is 0 Å². The van der Waals surface area contributed by atoms with Crippen LogP contribution in [-0.4, -0.2) is 37.9 Å². The van der Waals surface area contributed by atoms with E-state index >= 15 is 0 Å². The van der Waals surface area contributed by atoms with Gasteiger partial charge in [0.05, 0.1) is 12.3 Å². The highest BCUT2D eigenvalue weighted by Crippen LogP contribution is 2.32. The van der Waals surface area contributed by atoms with E-state index in [2.05, 4.69) is 19.0 Å². The average molecular weight is 240 g/mol. The first-order chi connectivity index (χ1) is 7.65. The van der Waals surface area contributed by atoms with Crippen molar-refractivity contribution >= 4 is 17.4 Å². The molecular weight excluding hydrogens is 220 g/mol. The minimum Gasteiger partial charge on any atom is -0.492 e. The lowest BCUT2D eigenvalue weighted by Gasteiger charge is -2.12. The molecule has 0 heterocycles. The molecule has 0 saturated carbocycles. The van der Waals surface area contributed by atoms with Gasteiger partial charge in [0.1, 0.15) is 5.75 Å². The molecule has 2 N–H and O–H groups in total. The van der Waals surface area contributed by atoms with E-state index in [9.17, 15) is 0 Å². The van der Waals surface area contributed by atoms with Gasteiger partial charge >= 0.3 is 0 Å². The summed E-state index contributed by atoms with van der Waals surface area (Å²) in [6, 6.07) is 5.94. The van der Waals surface area contributed by atoms with Gasteiger partial charge in [0.15, 0.2) is 0 Å². The molecule has 0 fully saturated rings. The van der Waals surface area contributed by atoms with Crippen molar-refractivity contribution in [2.24, 2.45) is 0 Å². The van der Waals surface area contributed by atoms with Crippen LogP contribution in [0.2, 0.25) is 0 Å². The number of para-hydroxylation sites is 1. The zero-order valence-corrected chi connectivity index (χ0v) is 11.0. The average Bonchev–Trinajstić information content (AvgIpc) is 2.23. The number of anilines is 1. The maximum atomic E-state index is 6.03. The molecule has 1 rings (SSSR count). The number of nitrogens with two attached hydrogens (primary N) is 1. The van der Waals surface area contributed by atoms with Crippen LogP contribution in [0.1, 0.15) is 6.92 Å². The second-order valence-electron chi connectivity index (χ2n) is 3.75. The summed E-state index contributed by atoms with van der Waals surface area (Å²) in [5.41, 5.74) is 6.78. The third kappa shape index (κ3) is 3.94. The first-order valence-corrected chi connectivity index (χ1v) is 6.42. The monoisotopic (exact) mass is 240 g/mol. The van der Waals surface area contributed by atoms with Gasteiger partial charge in [-0.2, -0.15) is 0 Å². The number of rotatable bonds is 6. The van der Waals surface area contributed by atoms with E-state index in [4.69, 9.17) is 10.5 Å². The summed E-state index contributed by atoms with van der Waals surface area (Å²) in [6.45, 7) is 3.66. The van der Waals surface area contributed by atoms with Crippen molar-refractivity contribution in [1.29, 1.82) is 0 Å². The van der Waals surface area contributed by atoms with Crippen LogP contribution in [-0.2, 0) is 0 Å². The maximum absolute atomic E-state index is 6.03. The number of thioether (sulfide) groups is 1. The van der Waals surface area contributed by atoms with Gasteiger partial charge in [0.25, 0.3) is 0 Å². The maximum Gasteiger partial charge on any atom is 0.143 e. The van der Waals surface area contributed by atoms with Gasteiger partial charge in [0, 0.05) is 17.2 Å². The van der Waals surface area contributed by atoms with Gasteiger partial charge in [-0.25, -0.2) is 0 Å². The Morgan fingerprint density at radius 2 is 2.12 bits per heavy atom. The van der Waals surface area contributed by atoms with Gasteiger partial charge in [-0.1, -0.05) is 6.07 Å². The van der Waals surface area contributed by atoms with E-state index in [1.807, 2.05) is 25.1 Å². The summed E-state index contributed by atoms with van der Waals surface area (Å²) in [4.78, 5) is 3.27. The van der Waals surface area contributed by atoms with Crippen molar-refractivity contribution in [3.8, 4) is 5.75 Å². The van der Waals surface area contributed by atoms with Crippen molar-refractivity contribution in [3.05, 3.63) is 18.2 Å². The Kier molecular flexibility index (Phi) is 5.49. The molecule has 0 unspecified atom stereocenters. The molecule has 0 amide bonds. The summed E-state index contributed by atoms with van der Waals surface area (Å²) in [5, 5.41) is 0. The first-order valence-electron chi connectivity index (χ1n) is 5.44. The zero-order valence-electron chi connectivity index (χ0n) is 10.2. The molecule has 16 heavy (non-hydrogen) atoms. The summed E-state index contributed by atoms with van der Waals surface area (Å²) in [7, 11) is 4.14. The highest BCUT2D eigenvalue weighted by Gasteiger charge is 2.05. The van der Waals surface area contributed by atoms with Crippen LogP contribution >= 0.6 is 11.8 Å². The molecule has 90 valence electrons. The molecule has 0 radical (unpaired) electrons. The fourth-order valence-corrected chi connectivity index (χ4v) is 2.38. The SMILES string of the molecule is CCOc1cccc(SCCN(C)C)c1N. The molecule has 1 aromatic rings. The van der Waals surface area contributed by atoms with Crippen molar-refractivity contribution < 1.29 is 4.74 Å². The number of hydrogen-bond acceptors (Lipinski definition) is 4. The number of nitrogens with zero attached hydrogens (tertiary/aromatic N) is 1. The summed E-state index contributed by atoms with van der Waals surface area (Å²) >= 11 is 1.77. The van der Waals surface area contributed by atoms with Crippen molar-refractivity contribution in [3.63, 3.8) is 0 Å². The van der Waals surface area contributed by atoms with Crippen LogP contribution in [0.5, 0.6) is 5.75 Å². The lowest BCUT2D eigenvalue weighted by Crippen LogP contribution is -2.14. The Balaban J connectivity index is 2.62. The quantitative estimate of drug-likeness (QED) is 0.612. The van der Waals surface area contributed by atoms with Crippen molar-refractivity contribution in [2.45, 2.75) is 11.8 Å². The third-order valence-electron chi connectivity index (χ3n) is 2.12. The van der Waals surface area contributed by atoms with E-state index in [1.54, 1.807) is 11.8 Å². The van der Waals surface area contributed by atoms with Crippen molar-refractivity contribution in [1.82, 2.24) is 4.90 Å². The molecule has 0 bridgehead atoms. The molecule has 0 aliphatic rings. The molecule has 0 spiro atoms. The molecule has 0 saturated heterocycles. The highest BCUT2D eigenvalue weighted by atomic mass is 32.2. The van der Waals surface area contributed by atoms with Crippen LogP contribution < -0.4 is 10.5 Å². The minimum atomic E-state index is 0.649. The largest absolute Gasteiger partial charge is 0.492 e. The number of ether oxygens (including phenoxy) is 1. The Labute approximate surface area is 102 Å². The Bertz CT molecular complexity index is 329. The van der Waals surface area contributed by atoms with Gasteiger partial charge in [-0.05, 0) is 33.2 Å². The fraction of sp³-hybridized carbons (Fsp3) is 0.500. The van der Waals surface area contributed by atoms with E-state index in [0.717, 1.165) is 28.6 Å². The van der Waals surface area contributed by atoms with Crippen LogP contribution in [0.4, 0.5) is 5.69 Å². The van der Waals surface area contributed by atoms with Crippen molar-refractivity contribution in [2.75, 3.05) is 38.7 Å². The number of benzene rings is 1. The molecule has 1 aromatic carbocycles. The van der Waals surface area contributed by atoms with E-state index in [0.29, 0.717) is 6.61 Å². The van der Waals surface area contributed by atoms with Crippen LogP contribution in [0.25, 0.3) is 0 Å². The standard InChI is InChI=1S/C12H20N2OS/c1-4-15-10-6-5-7-11(12(10)13)16-9-8-14(2)3/h5-7H,4,8-9,13H2,1-3H3. The molecular formula is C12H20N2OS. The number of nitrogen functional groups attached to an aromatic ring is 1. The summed E-state index contributed by atoms with van der Waals surface area (Å²) in [6.07, 6.45) is 0. The zero-order chi connectivity index (χ0) is 12.0. The Morgan fingerprint density at radius 3 is 2.75 bits per heavy atom. The first kappa shape index (κ1) is 13.2. The van der Waals surface area contributed by atoms with E-state index < -0.39 is 0 Å². The van der Waals surface area contributed by atoms with Crippen LogP contribution in [0.15, 0.2) is 23.1 Å². The molecule has 3 nitrogen and oxygen atoms in total. The van der Waals surface area contributed by atoms with Gasteiger partial charge in [0.2, 0.25) is 0 Å². The second kappa shape index (κ2) is 6.66. The molecule has 0 aromatic heterocycles. The molecule has 0 aliphatic heterocycles. The van der Waals surface area contributed by atoms with Gasteiger partial charge < -0.3 is 15.4 Å². The Hall–Kier alpha value is -0.870. The molecule has 0 aliphatic carbocycles. The molecule has 4 heteroatoms. The predicted octanol–water partition coefficient (Wildman–Crippen LogP) is 2.32. The van der Waals surface area contributed by atoms with Crippen LogP contribution in [0.3, 0.4) is 0 Å². The Morgan fingerprint density at radius 1 is 1.38 bits per heavy atom. The topological polar surface area (TPSA) is 38.5 Å². The lowest BCUT2D eigenvalue weighted by molar-refractivity contribution is 0.341. The summed E-state index contributed by atoms with van der Waals surface area (Å²) < 4.78 is 5.46. The van der Waals surface area contributed by atoms with Gasteiger partial charge in [-0.3, -0.25) is 0 Å². The second-order valence-corrected chi connectivity index (χ2v) is 4.89. The third-order valence-corrected chi connectivity index (χ3v) is 3.18. The minimum absolute atomic E-state index is 0.649. The molecule has 0 atom stereocenters. The normalized spacial score (nSPS) is 10.8. The fourth-order valence-electron chi connectivity index (χ4n) is 1.27. The summed E-state index contributed by atoms with van der Waals surface area (Å²) in [5.74, 6) is 1.82. The van der Waals surface area contributed by atoms with E-state index in [1.165, 1.54) is 0 Å². The number of hydrogen-bond donors (Lipinski definition) is 1. The predicted molar refractivity (Wildman–Crippen MR) is 71.3 cm³/mol. The smallest absolute Gasteiger partial charge is 0.143 e. The highest BCUT2D eigenvalue weighted by molar-refractivity contribution is 7.99. The lowest BCUT2D eigenvalue weighted by atomic mass is 10.3. The van der Waals surface area contributed by atoms with Gasteiger partial charge in [-0.15, -0.1) is 11.8 Å².